The minimum atomic E-state index is 0.0326. The Balaban J connectivity index is 2.08. The molecule has 90 valence electrons. The van der Waals surface area contributed by atoms with Gasteiger partial charge in [0.2, 0.25) is 0 Å². The van der Waals surface area contributed by atoms with Crippen molar-refractivity contribution in [3.8, 4) is 11.8 Å². The molecule has 1 aliphatic rings. The smallest absolute Gasteiger partial charge is 0.120 e. The van der Waals surface area contributed by atoms with E-state index in [-0.39, 0.29) is 12.0 Å². The molecule has 1 aliphatic carbocycles. The summed E-state index contributed by atoms with van der Waals surface area (Å²) in [5.74, 6) is 1.53. The number of nitriles is 1. The summed E-state index contributed by atoms with van der Waals surface area (Å²) in [6, 6.07) is 10.2. The molecule has 1 saturated carbocycles. The van der Waals surface area contributed by atoms with E-state index in [1.54, 1.807) is 0 Å². The number of benzene rings is 1. The van der Waals surface area contributed by atoms with Gasteiger partial charge < -0.3 is 4.74 Å². The van der Waals surface area contributed by atoms with Gasteiger partial charge in [-0.2, -0.15) is 5.26 Å². The summed E-state index contributed by atoms with van der Waals surface area (Å²) in [5.41, 5.74) is 0. The first-order valence-electron chi connectivity index (χ1n) is 6.01. The highest BCUT2D eigenvalue weighted by Gasteiger charge is 2.30. The Morgan fingerprint density at radius 1 is 1.41 bits per heavy atom. The molecular formula is C14H16BrNO. The third-order valence-electron chi connectivity index (χ3n) is 3.30. The molecule has 17 heavy (non-hydrogen) atoms. The van der Waals surface area contributed by atoms with E-state index >= 15 is 0 Å². The molecule has 0 bridgehead atoms. The molecule has 0 amide bonds. The normalized spacial score (nSPS) is 28.4. The molecule has 0 aromatic heterocycles. The Kier molecular flexibility index (Phi) is 4.06. The van der Waals surface area contributed by atoms with E-state index in [1.807, 2.05) is 24.3 Å². The largest absolute Gasteiger partial charge is 0.489 e. The molecule has 0 heterocycles. The second-order valence-electron chi connectivity index (χ2n) is 4.77. The summed E-state index contributed by atoms with van der Waals surface area (Å²) in [6.07, 6.45) is 3.11. The van der Waals surface area contributed by atoms with Crippen LogP contribution in [0.2, 0.25) is 0 Å². The van der Waals surface area contributed by atoms with Crippen molar-refractivity contribution in [1.82, 2.24) is 0 Å². The summed E-state index contributed by atoms with van der Waals surface area (Å²) in [4.78, 5) is 0. The lowest BCUT2D eigenvalue weighted by Crippen LogP contribution is -2.32. The van der Waals surface area contributed by atoms with Crippen LogP contribution in [0.25, 0.3) is 0 Å². The van der Waals surface area contributed by atoms with E-state index in [4.69, 9.17) is 10.00 Å². The molecule has 3 heteroatoms. The Labute approximate surface area is 111 Å². The van der Waals surface area contributed by atoms with Crippen molar-refractivity contribution in [3.05, 3.63) is 28.7 Å². The molecule has 0 radical (unpaired) electrons. The molecule has 0 N–H and O–H groups in total. The molecule has 3 unspecified atom stereocenters. The molecule has 1 aromatic rings. The summed E-state index contributed by atoms with van der Waals surface area (Å²) in [6.45, 7) is 2.23. The van der Waals surface area contributed by atoms with Crippen LogP contribution < -0.4 is 4.74 Å². The van der Waals surface area contributed by atoms with Crippen molar-refractivity contribution < 1.29 is 4.74 Å². The van der Waals surface area contributed by atoms with Gasteiger partial charge in [-0.1, -0.05) is 28.9 Å². The lowest BCUT2D eigenvalue weighted by Gasteiger charge is -2.31. The monoisotopic (exact) mass is 293 g/mol. The van der Waals surface area contributed by atoms with E-state index in [2.05, 4.69) is 28.9 Å². The van der Waals surface area contributed by atoms with Crippen molar-refractivity contribution in [3.63, 3.8) is 0 Å². The van der Waals surface area contributed by atoms with Gasteiger partial charge >= 0.3 is 0 Å². The number of hydrogen-bond donors (Lipinski definition) is 0. The molecule has 1 aromatic carbocycles. The molecule has 0 saturated heterocycles. The van der Waals surface area contributed by atoms with Gasteiger partial charge in [0.25, 0.3) is 0 Å². The van der Waals surface area contributed by atoms with Crippen LogP contribution >= 0.6 is 15.9 Å². The number of nitrogens with zero attached hydrogens (tertiary/aromatic N) is 1. The SMILES string of the molecule is CC1CCC(C#N)C(Oc2cccc(Br)c2)C1. The highest BCUT2D eigenvalue weighted by Crippen LogP contribution is 2.32. The van der Waals surface area contributed by atoms with Crippen LogP contribution in [-0.2, 0) is 0 Å². The van der Waals surface area contributed by atoms with Crippen LogP contribution in [0.15, 0.2) is 28.7 Å². The van der Waals surface area contributed by atoms with Crippen molar-refractivity contribution in [1.29, 1.82) is 5.26 Å². The zero-order chi connectivity index (χ0) is 12.3. The highest BCUT2D eigenvalue weighted by molar-refractivity contribution is 9.10. The topological polar surface area (TPSA) is 33.0 Å². The molecule has 0 aliphatic heterocycles. The fourth-order valence-corrected chi connectivity index (χ4v) is 2.70. The van der Waals surface area contributed by atoms with Crippen LogP contribution in [0.3, 0.4) is 0 Å². The summed E-state index contributed by atoms with van der Waals surface area (Å²) in [7, 11) is 0. The first-order valence-corrected chi connectivity index (χ1v) is 6.80. The summed E-state index contributed by atoms with van der Waals surface area (Å²) in [5, 5.41) is 9.14. The number of rotatable bonds is 2. The number of ether oxygens (including phenoxy) is 1. The number of hydrogen-bond acceptors (Lipinski definition) is 2. The van der Waals surface area contributed by atoms with Crippen molar-refractivity contribution in [2.24, 2.45) is 11.8 Å². The van der Waals surface area contributed by atoms with Crippen LogP contribution in [0.1, 0.15) is 26.2 Å². The fourth-order valence-electron chi connectivity index (χ4n) is 2.32. The van der Waals surface area contributed by atoms with E-state index in [0.29, 0.717) is 5.92 Å². The van der Waals surface area contributed by atoms with E-state index in [1.165, 1.54) is 0 Å². The summed E-state index contributed by atoms with van der Waals surface area (Å²) >= 11 is 3.43. The summed E-state index contributed by atoms with van der Waals surface area (Å²) < 4.78 is 6.96. The lowest BCUT2D eigenvalue weighted by atomic mass is 9.81. The maximum atomic E-state index is 9.14. The van der Waals surface area contributed by atoms with E-state index in [0.717, 1.165) is 29.5 Å². The van der Waals surface area contributed by atoms with Crippen LogP contribution in [0.4, 0.5) is 0 Å². The first-order chi connectivity index (χ1) is 8.19. The molecular weight excluding hydrogens is 278 g/mol. The third-order valence-corrected chi connectivity index (χ3v) is 3.80. The maximum absolute atomic E-state index is 9.14. The molecule has 2 rings (SSSR count). The minimum Gasteiger partial charge on any atom is -0.489 e. The Bertz CT molecular complexity index is 426. The Hall–Kier alpha value is -1.01. The third kappa shape index (κ3) is 3.23. The zero-order valence-electron chi connectivity index (χ0n) is 9.90. The van der Waals surface area contributed by atoms with Crippen molar-refractivity contribution in [2.75, 3.05) is 0 Å². The Morgan fingerprint density at radius 3 is 2.94 bits per heavy atom. The average molecular weight is 294 g/mol. The second kappa shape index (κ2) is 5.55. The fraction of sp³-hybridized carbons (Fsp3) is 0.500. The second-order valence-corrected chi connectivity index (χ2v) is 5.68. The van der Waals surface area contributed by atoms with Crippen LogP contribution in [0.5, 0.6) is 5.75 Å². The predicted molar refractivity (Wildman–Crippen MR) is 70.7 cm³/mol. The minimum absolute atomic E-state index is 0.0326. The van der Waals surface area contributed by atoms with Gasteiger partial charge in [0.05, 0.1) is 12.0 Å². The standard InChI is InChI=1S/C14H16BrNO/c1-10-5-6-11(9-16)14(7-10)17-13-4-2-3-12(15)8-13/h2-4,8,10-11,14H,5-7H2,1H3. The van der Waals surface area contributed by atoms with E-state index in [9.17, 15) is 0 Å². The van der Waals surface area contributed by atoms with Gasteiger partial charge in [-0.25, -0.2) is 0 Å². The molecule has 0 spiro atoms. The van der Waals surface area contributed by atoms with Gasteiger partial charge in [0, 0.05) is 4.47 Å². The van der Waals surface area contributed by atoms with Crippen molar-refractivity contribution in [2.45, 2.75) is 32.3 Å². The lowest BCUT2D eigenvalue weighted by molar-refractivity contribution is 0.0956. The zero-order valence-corrected chi connectivity index (χ0v) is 11.5. The van der Waals surface area contributed by atoms with Gasteiger partial charge in [0.15, 0.2) is 0 Å². The molecule has 1 fully saturated rings. The van der Waals surface area contributed by atoms with Gasteiger partial charge in [-0.05, 0) is 43.4 Å². The van der Waals surface area contributed by atoms with E-state index < -0.39 is 0 Å². The highest BCUT2D eigenvalue weighted by atomic mass is 79.9. The first kappa shape index (κ1) is 12.4. The van der Waals surface area contributed by atoms with Crippen molar-refractivity contribution >= 4 is 15.9 Å². The quantitative estimate of drug-likeness (QED) is 0.820. The van der Waals surface area contributed by atoms with Crippen LogP contribution in [-0.4, -0.2) is 6.10 Å². The van der Waals surface area contributed by atoms with Gasteiger partial charge in [0.1, 0.15) is 11.9 Å². The van der Waals surface area contributed by atoms with Gasteiger partial charge in [-0.3, -0.25) is 0 Å². The molecule has 2 nitrogen and oxygen atoms in total. The number of halogens is 1. The Morgan fingerprint density at radius 2 is 2.24 bits per heavy atom. The van der Waals surface area contributed by atoms with Crippen LogP contribution in [0, 0.1) is 23.2 Å². The maximum Gasteiger partial charge on any atom is 0.120 e. The van der Waals surface area contributed by atoms with Gasteiger partial charge in [-0.15, -0.1) is 0 Å². The average Bonchev–Trinajstić information content (AvgIpc) is 2.29. The molecule has 3 atom stereocenters. The predicted octanol–water partition coefficient (Wildman–Crippen LogP) is 4.16.